The third-order valence-corrected chi connectivity index (χ3v) is 6.71. The minimum Gasteiger partial charge on any atom is -0.467 e. The van der Waals surface area contributed by atoms with Gasteiger partial charge in [-0.1, -0.05) is 30.3 Å². The molecule has 0 aliphatic carbocycles. The average molecular weight is 483 g/mol. The molecule has 0 radical (unpaired) electrons. The highest BCUT2D eigenvalue weighted by Crippen LogP contribution is 2.34. The second-order valence-corrected chi connectivity index (χ2v) is 9.57. The lowest BCUT2D eigenvalue weighted by Gasteiger charge is -2.29. The fourth-order valence-electron chi connectivity index (χ4n) is 4.05. The number of sulfonamides is 1. The van der Waals surface area contributed by atoms with Gasteiger partial charge in [0.1, 0.15) is 11.8 Å². The molecule has 1 aliphatic rings. The Bertz CT molecular complexity index is 1260. The van der Waals surface area contributed by atoms with E-state index in [9.17, 15) is 18.0 Å². The maximum atomic E-state index is 12.4. The second kappa shape index (κ2) is 10.1. The van der Waals surface area contributed by atoms with E-state index in [1.54, 1.807) is 24.5 Å². The number of nitrogens with zero attached hydrogens (tertiary/aromatic N) is 1. The smallest absolute Gasteiger partial charge is 0.309 e. The summed E-state index contributed by atoms with van der Waals surface area (Å²) in [5, 5.41) is 10.4. The Morgan fingerprint density at radius 1 is 1.00 bits per heavy atom. The highest BCUT2D eigenvalue weighted by Gasteiger charge is 2.29. The van der Waals surface area contributed by atoms with Crippen LogP contribution >= 0.6 is 0 Å². The van der Waals surface area contributed by atoms with Gasteiger partial charge < -0.3 is 20.0 Å². The van der Waals surface area contributed by atoms with Crippen LogP contribution in [0.25, 0.3) is 0 Å². The Balaban J connectivity index is 1.31. The molecule has 0 saturated heterocycles. The summed E-state index contributed by atoms with van der Waals surface area (Å²) in [6.07, 6.45) is 2.93. The van der Waals surface area contributed by atoms with Crippen molar-refractivity contribution < 1.29 is 22.4 Å². The van der Waals surface area contributed by atoms with Gasteiger partial charge in [0.05, 0.1) is 11.2 Å². The van der Waals surface area contributed by atoms with Gasteiger partial charge in [0.15, 0.2) is 0 Å². The van der Waals surface area contributed by atoms with Crippen molar-refractivity contribution in [1.29, 1.82) is 0 Å². The van der Waals surface area contributed by atoms with Gasteiger partial charge in [-0.25, -0.2) is 13.6 Å². The van der Waals surface area contributed by atoms with E-state index in [0.717, 1.165) is 24.2 Å². The van der Waals surface area contributed by atoms with Crippen LogP contribution in [0.3, 0.4) is 0 Å². The molecule has 0 fully saturated rings. The zero-order valence-corrected chi connectivity index (χ0v) is 19.3. The van der Waals surface area contributed by atoms with Crippen molar-refractivity contribution >= 4 is 27.5 Å². The van der Waals surface area contributed by atoms with Crippen molar-refractivity contribution in [2.75, 3.05) is 24.5 Å². The summed E-state index contributed by atoms with van der Waals surface area (Å²) in [5.41, 5.74) is 3.13. The summed E-state index contributed by atoms with van der Waals surface area (Å²) in [4.78, 5) is 26.9. The van der Waals surface area contributed by atoms with E-state index in [2.05, 4.69) is 21.6 Å². The molecule has 1 aromatic heterocycles. The predicted octanol–water partition coefficient (Wildman–Crippen LogP) is 1.51. The SMILES string of the molecule is NS(=O)(=O)c1ccc(CCNC(=O)C(=O)NCC(c2ccco2)N2CCc3ccccc32)cc1. The van der Waals surface area contributed by atoms with E-state index in [1.165, 1.54) is 17.7 Å². The van der Waals surface area contributed by atoms with Gasteiger partial charge in [0.25, 0.3) is 0 Å². The molecule has 4 rings (SSSR count). The summed E-state index contributed by atoms with van der Waals surface area (Å²) in [6, 6.07) is 17.6. The number of furan rings is 1. The summed E-state index contributed by atoms with van der Waals surface area (Å²) in [7, 11) is -3.75. The number of anilines is 1. The van der Waals surface area contributed by atoms with E-state index >= 15 is 0 Å². The molecule has 1 unspecified atom stereocenters. The van der Waals surface area contributed by atoms with E-state index in [4.69, 9.17) is 9.56 Å². The normalized spacial score (nSPS) is 13.9. The molecule has 34 heavy (non-hydrogen) atoms. The van der Waals surface area contributed by atoms with Crippen LogP contribution in [0.15, 0.2) is 76.2 Å². The molecule has 2 amide bonds. The summed E-state index contributed by atoms with van der Waals surface area (Å²) in [6.45, 7) is 1.22. The molecule has 1 aliphatic heterocycles. The van der Waals surface area contributed by atoms with Crippen molar-refractivity contribution in [3.05, 3.63) is 83.8 Å². The molecule has 10 heteroatoms. The Morgan fingerprint density at radius 3 is 2.44 bits per heavy atom. The largest absolute Gasteiger partial charge is 0.467 e. The summed E-state index contributed by atoms with van der Waals surface area (Å²) >= 11 is 0. The van der Waals surface area contributed by atoms with E-state index in [1.807, 2.05) is 24.3 Å². The first kappa shape index (κ1) is 23.5. The van der Waals surface area contributed by atoms with Crippen molar-refractivity contribution in [3.8, 4) is 0 Å². The van der Waals surface area contributed by atoms with Gasteiger partial charge in [0.2, 0.25) is 10.0 Å². The van der Waals surface area contributed by atoms with Crippen molar-refractivity contribution in [2.45, 2.75) is 23.8 Å². The Labute approximate surface area is 198 Å². The van der Waals surface area contributed by atoms with Gasteiger partial charge in [-0.2, -0.15) is 0 Å². The fraction of sp³-hybridized carbons (Fsp3) is 0.250. The highest BCUT2D eigenvalue weighted by molar-refractivity contribution is 7.89. The van der Waals surface area contributed by atoms with Crippen LogP contribution in [-0.4, -0.2) is 39.9 Å². The second-order valence-electron chi connectivity index (χ2n) is 8.01. The lowest BCUT2D eigenvalue weighted by atomic mass is 10.1. The maximum Gasteiger partial charge on any atom is 0.309 e. The maximum absolute atomic E-state index is 12.4. The molecule has 4 N–H and O–H groups in total. The van der Waals surface area contributed by atoms with E-state index in [-0.39, 0.29) is 24.0 Å². The number of fused-ring (bicyclic) bond motifs is 1. The minimum atomic E-state index is -3.75. The monoisotopic (exact) mass is 482 g/mol. The Morgan fingerprint density at radius 2 is 1.74 bits per heavy atom. The Kier molecular flexibility index (Phi) is 6.99. The zero-order valence-electron chi connectivity index (χ0n) is 18.4. The molecule has 0 spiro atoms. The number of hydrogen-bond donors (Lipinski definition) is 3. The van der Waals surface area contributed by atoms with Crippen LogP contribution < -0.4 is 20.7 Å². The molecule has 2 heterocycles. The number of carbonyl (C=O) groups excluding carboxylic acids is 2. The zero-order chi connectivity index (χ0) is 24.1. The van der Waals surface area contributed by atoms with Crippen molar-refractivity contribution in [1.82, 2.24) is 10.6 Å². The molecular weight excluding hydrogens is 456 g/mol. The van der Waals surface area contributed by atoms with Gasteiger partial charge in [0, 0.05) is 25.3 Å². The Hall–Kier alpha value is -3.63. The molecule has 0 bridgehead atoms. The van der Waals surface area contributed by atoms with Gasteiger partial charge in [-0.15, -0.1) is 0 Å². The molecule has 2 aromatic carbocycles. The first-order valence-electron chi connectivity index (χ1n) is 10.9. The number of para-hydroxylation sites is 1. The van der Waals surface area contributed by atoms with Gasteiger partial charge in [-0.05, 0) is 54.3 Å². The lowest BCUT2D eigenvalue weighted by Crippen LogP contribution is -2.44. The van der Waals surface area contributed by atoms with E-state index < -0.39 is 21.8 Å². The van der Waals surface area contributed by atoms with Crippen LogP contribution in [0, 0.1) is 0 Å². The number of nitrogens with one attached hydrogen (secondary N) is 2. The first-order chi connectivity index (χ1) is 16.3. The van der Waals surface area contributed by atoms with Crippen LogP contribution in [-0.2, 0) is 32.5 Å². The van der Waals surface area contributed by atoms with E-state index in [0.29, 0.717) is 12.2 Å². The summed E-state index contributed by atoms with van der Waals surface area (Å²) < 4.78 is 28.3. The van der Waals surface area contributed by atoms with Gasteiger partial charge in [-0.3, -0.25) is 9.59 Å². The number of rotatable bonds is 8. The van der Waals surface area contributed by atoms with Crippen LogP contribution in [0.2, 0.25) is 0 Å². The molecule has 9 nitrogen and oxygen atoms in total. The molecule has 3 aromatic rings. The minimum absolute atomic E-state index is 0.0198. The quantitative estimate of drug-likeness (QED) is 0.417. The van der Waals surface area contributed by atoms with Crippen LogP contribution in [0.1, 0.15) is 22.9 Å². The molecule has 0 saturated carbocycles. The predicted molar refractivity (Wildman–Crippen MR) is 126 cm³/mol. The number of hydrogen-bond acceptors (Lipinski definition) is 6. The number of primary sulfonamides is 1. The van der Waals surface area contributed by atoms with Crippen LogP contribution in [0.5, 0.6) is 0 Å². The van der Waals surface area contributed by atoms with Crippen LogP contribution in [0.4, 0.5) is 5.69 Å². The standard InChI is InChI=1S/C24H26N4O5S/c25-34(31,32)19-9-7-17(8-10-19)11-13-26-23(29)24(30)27-16-21(22-6-3-15-33-22)28-14-12-18-4-1-2-5-20(18)28/h1-10,15,21H,11-14,16H2,(H,26,29)(H,27,30)(H2,25,31,32). The third kappa shape index (κ3) is 5.46. The molecular formula is C24H26N4O5S. The highest BCUT2D eigenvalue weighted by atomic mass is 32.2. The lowest BCUT2D eigenvalue weighted by molar-refractivity contribution is -0.139. The number of amides is 2. The van der Waals surface area contributed by atoms with Gasteiger partial charge >= 0.3 is 11.8 Å². The first-order valence-corrected chi connectivity index (χ1v) is 12.4. The third-order valence-electron chi connectivity index (χ3n) is 5.78. The molecule has 1 atom stereocenters. The number of benzene rings is 2. The number of carbonyl (C=O) groups is 2. The molecule has 178 valence electrons. The average Bonchev–Trinajstić information content (AvgIpc) is 3.50. The topological polar surface area (TPSA) is 135 Å². The fourth-order valence-corrected chi connectivity index (χ4v) is 4.56. The van der Waals surface area contributed by atoms with Crippen molar-refractivity contribution in [3.63, 3.8) is 0 Å². The number of nitrogens with two attached hydrogens (primary N) is 1. The summed E-state index contributed by atoms with van der Waals surface area (Å²) in [5.74, 6) is -0.755. The van der Waals surface area contributed by atoms with Crippen molar-refractivity contribution in [2.24, 2.45) is 5.14 Å².